The molecule has 1 heterocycles. The van der Waals surface area contributed by atoms with Crippen molar-refractivity contribution < 1.29 is 28.1 Å². The van der Waals surface area contributed by atoms with E-state index in [9.17, 15) is 23.3 Å². The first-order valence-electron chi connectivity index (χ1n) is 8.60. The van der Waals surface area contributed by atoms with E-state index in [0.717, 1.165) is 5.56 Å². The first-order valence-corrected chi connectivity index (χ1v) is 10.5. The van der Waals surface area contributed by atoms with Crippen LogP contribution in [0.5, 0.6) is 0 Å². The molecule has 1 unspecified atom stereocenters. The van der Waals surface area contributed by atoms with Gasteiger partial charge < -0.3 is 14.6 Å². The minimum Gasteiger partial charge on any atom is -0.460 e. The van der Waals surface area contributed by atoms with Gasteiger partial charge in [-0.2, -0.15) is 0 Å². The van der Waals surface area contributed by atoms with E-state index >= 15 is 0 Å². The van der Waals surface area contributed by atoms with Crippen LogP contribution in [0.3, 0.4) is 0 Å². The van der Waals surface area contributed by atoms with E-state index in [4.69, 9.17) is 0 Å². The third-order valence-corrected chi connectivity index (χ3v) is 4.38. The van der Waals surface area contributed by atoms with Crippen LogP contribution < -0.4 is 5.32 Å². The molecule has 28 heavy (non-hydrogen) atoms. The number of hydrogen-bond donors (Lipinski definition) is 1. The molecule has 0 bridgehead atoms. The first-order chi connectivity index (χ1) is 13.3. The van der Waals surface area contributed by atoms with Crippen molar-refractivity contribution in [2.24, 2.45) is 0 Å². The van der Waals surface area contributed by atoms with E-state index < -0.39 is 31.8 Å². The Morgan fingerprint density at radius 2 is 1.89 bits per heavy atom. The van der Waals surface area contributed by atoms with E-state index in [0.29, 0.717) is 5.69 Å². The molecule has 0 saturated carbocycles. The largest absolute Gasteiger partial charge is 0.460 e. The van der Waals surface area contributed by atoms with Gasteiger partial charge in [0.1, 0.15) is 12.5 Å². The molecular formula is C19H21FN2O5P+. The maximum Gasteiger partial charge on any atom is 0.375 e. The highest BCUT2D eigenvalue weighted by molar-refractivity contribution is 7.43. The molecule has 0 spiro atoms. The van der Waals surface area contributed by atoms with Crippen molar-refractivity contribution in [1.82, 2.24) is 4.57 Å². The topological polar surface area (TPSA) is 94.5 Å². The number of nitrogens with one attached hydrogen (secondary N) is 1. The van der Waals surface area contributed by atoms with Gasteiger partial charge in [-0.3, -0.25) is 9.59 Å². The Bertz CT molecular complexity index is 892. The van der Waals surface area contributed by atoms with Crippen molar-refractivity contribution in [3.63, 3.8) is 0 Å². The monoisotopic (exact) mass is 407 g/mol. The molecule has 1 aromatic heterocycles. The summed E-state index contributed by atoms with van der Waals surface area (Å²) in [5, 5.41) is 2.96. The number of nitrogens with zero attached hydrogens (tertiary/aromatic N) is 1. The molecule has 0 radical (unpaired) electrons. The van der Waals surface area contributed by atoms with E-state index in [1.54, 1.807) is 36.5 Å². The zero-order chi connectivity index (χ0) is 20.7. The maximum absolute atomic E-state index is 13.1. The Hall–Kier alpha value is -2.86. The molecule has 2 aromatic rings. The number of hydrogen-bond acceptors (Lipinski definition) is 6. The molecule has 1 atom stereocenters. The zero-order valence-corrected chi connectivity index (χ0v) is 16.5. The Kier molecular flexibility index (Phi) is 7.58. The van der Waals surface area contributed by atoms with Crippen molar-refractivity contribution in [3.8, 4) is 0 Å². The van der Waals surface area contributed by atoms with Crippen molar-refractivity contribution in [1.29, 1.82) is 0 Å². The number of carbonyl (C=O) groups is 3. The second kappa shape index (κ2) is 9.90. The zero-order valence-electron chi connectivity index (χ0n) is 15.6. The predicted molar refractivity (Wildman–Crippen MR) is 103 cm³/mol. The summed E-state index contributed by atoms with van der Waals surface area (Å²) in [5.74, 6) is -2.89. The van der Waals surface area contributed by atoms with Gasteiger partial charge in [-0.1, -0.05) is 16.7 Å². The number of esters is 1. The van der Waals surface area contributed by atoms with Crippen molar-refractivity contribution in [2.45, 2.75) is 19.9 Å². The van der Waals surface area contributed by atoms with Crippen molar-refractivity contribution >= 4 is 31.0 Å². The standard InChI is InChI=1S/C19H21FN2O5P/c1-3-27-19(25)18(24)9-17(23)16-8-15(21-12-28(2)26)11-22(16)10-13-4-6-14(20)7-5-13/h4-8,11,21H,3,9-10,12H2,1-2H3/q+1. The number of benzene rings is 1. The molecule has 0 saturated heterocycles. The van der Waals surface area contributed by atoms with Gasteiger partial charge in [0.15, 0.2) is 5.78 Å². The lowest BCUT2D eigenvalue weighted by molar-refractivity contribution is -0.153. The minimum absolute atomic E-state index is 0.0446. The highest BCUT2D eigenvalue weighted by Crippen LogP contribution is 2.21. The normalized spacial score (nSPS) is 11.0. The van der Waals surface area contributed by atoms with Gasteiger partial charge in [0, 0.05) is 12.7 Å². The highest BCUT2D eigenvalue weighted by Gasteiger charge is 2.23. The fraction of sp³-hybridized carbons (Fsp3) is 0.316. The summed E-state index contributed by atoms with van der Waals surface area (Å²) in [6.45, 7) is 3.44. The van der Waals surface area contributed by atoms with Crippen LogP contribution in [0.4, 0.5) is 10.1 Å². The Labute approximate surface area is 162 Å². The van der Waals surface area contributed by atoms with Gasteiger partial charge in [0.2, 0.25) is 12.1 Å². The molecule has 148 valence electrons. The van der Waals surface area contributed by atoms with Crippen LogP contribution in [-0.2, 0) is 25.4 Å². The van der Waals surface area contributed by atoms with Crippen LogP contribution >= 0.6 is 7.80 Å². The van der Waals surface area contributed by atoms with Gasteiger partial charge in [0.25, 0.3) is 0 Å². The van der Waals surface area contributed by atoms with Crippen LogP contribution in [0.1, 0.15) is 29.4 Å². The number of carbonyl (C=O) groups excluding carboxylic acids is 3. The number of ketones is 2. The molecule has 1 N–H and O–H groups in total. The predicted octanol–water partition coefficient (Wildman–Crippen LogP) is 3.21. The van der Waals surface area contributed by atoms with Crippen LogP contribution in [0.25, 0.3) is 0 Å². The summed E-state index contributed by atoms with van der Waals surface area (Å²) in [6, 6.07) is 7.33. The number of anilines is 1. The molecule has 2 rings (SSSR count). The Morgan fingerprint density at radius 3 is 2.50 bits per heavy atom. The van der Waals surface area contributed by atoms with Gasteiger partial charge in [0.05, 0.1) is 24.4 Å². The lowest BCUT2D eigenvalue weighted by Crippen LogP contribution is -2.22. The molecule has 1 aromatic carbocycles. The fourth-order valence-corrected chi connectivity index (χ4v) is 2.89. The van der Waals surface area contributed by atoms with Gasteiger partial charge in [-0.05, 0) is 30.7 Å². The van der Waals surface area contributed by atoms with Crippen LogP contribution in [0.2, 0.25) is 0 Å². The molecular weight excluding hydrogens is 386 g/mol. The quantitative estimate of drug-likeness (QED) is 0.214. The Balaban J connectivity index is 2.24. The third kappa shape index (κ3) is 6.09. The summed E-state index contributed by atoms with van der Waals surface area (Å²) < 4.78 is 30.7. The molecule has 0 amide bonds. The summed E-state index contributed by atoms with van der Waals surface area (Å²) in [4.78, 5) is 35.9. The molecule has 0 fully saturated rings. The molecule has 0 aliphatic carbocycles. The van der Waals surface area contributed by atoms with Gasteiger partial charge in [-0.15, -0.1) is 0 Å². The van der Waals surface area contributed by atoms with Crippen LogP contribution in [0.15, 0.2) is 36.5 Å². The number of Topliss-reactive ketones (excluding diaryl/α,β-unsaturated/α-hetero) is 2. The summed E-state index contributed by atoms with van der Waals surface area (Å²) in [7, 11) is -1.43. The van der Waals surface area contributed by atoms with Gasteiger partial charge in [-0.25, -0.2) is 9.18 Å². The van der Waals surface area contributed by atoms with Crippen molar-refractivity contribution in [2.75, 3.05) is 24.9 Å². The summed E-state index contributed by atoms with van der Waals surface area (Å²) >= 11 is 0. The average molecular weight is 407 g/mol. The maximum atomic E-state index is 13.1. The second-order valence-electron chi connectivity index (χ2n) is 6.07. The fourth-order valence-electron chi connectivity index (χ4n) is 2.48. The first kappa shape index (κ1) is 21.4. The summed E-state index contributed by atoms with van der Waals surface area (Å²) in [5.41, 5.74) is 1.51. The number of aromatic nitrogens is 1. The minimum atomic E-state index is -1.43. The number of ether oxygens (including phenoxy) is 1. The molecule has 0 aliphatic heterocycles. The molecule has 0 aliphatic rings. The smallest absolute Gasteiger partial charge is 0.375 e. The second-order valence-corrected chi connectivity index (χ2v) is 7.65. The van der Waals surface area contributed by atoms with E-state index in [1.165, 1.54) is 18.2 Å². The highest BCUT2D eigenvalue weighted by atomic mass is 31.1. The Morgan fingerprint density at radius 1 is 1.21 bits per heavy atom. The van der Waals surface area contributed by atoms with E-state index in [-0.39, 0.29) is 30.9 Å². The van der Waals surface area contributed by atoms with Crippen LogP contribution in [-0.4, -0.2) is 41.7 Å². The van der Waals surface area contributed by atoms with Crippen LogP contribution in [0, 0.1) is 5.82 Å². The van der Waals surface area contributed by atoms with E-state index in [2.05, 4.69) is 10.1 Å². The third-order valence-electron chi connectivity index (χ3n) is 3.78. The van der Waals surface area contributed by atoms with Crippen molar-refractivity contribution in [3.05, 3.63) is 53.6 Å². The van der Waals surface area contributed by atoms with E-state index in [1.807, 2.05) is 0 Å². The summed E-state index contributed by atoms with van der Waals surface area (Å²) in [6.07, 6.45) is 1.25. The van der Waals surface area contributed by atoms with Gasteiger partial charge >= 0.3 is 13.8 Å². The number of rotatable bonds is 10. The number of halogens is 1. The lowest BCUT2D eigenvalue weighted by Gasteiger charge is -2.08. The SMILES string of the molecule is CCOC(=O)C(=O)CC(=O)c1cc(NC[P+](C)=O)cn1Cc1ccc(F)cc1. The average Bonchev–Trinajstić information content (AvgIpc) is 3.05. The lowest BCUT2D eigenvalue weighted by atomic mass is 10.1. The molecule has 9 heteroatoms. The molecule has 7 nitrogen and oxygen atoms in total.